The van der Waals surface area contributed by atoms with Gasteiger partial charge in [-0.2, -0.15) is 4.98 Å². The van der Waals surface area contributed by atoms with Crippen molar-refractivity contribution in [2.45, 2.75) is 24.4 Å². The molecule has 0 N–H and O–H groups in total. The summed E-state index contributed by atoms with van der Waals surface area (Å²) in [5.41, 5.74) is 2.34. The first-order valence-corrected chi connectivity index (χ1v) is 11.2. The molecule has 0 aliphatic rings. The molecule has 7 nitrogen and oxygen atoms in total. The lowest BCUT2D eigenvalue weighted by Crippen LogP contribution is -2.23. The van der Waals surface area contributed by atoms with Crippen molar-refractivity contribution in [3.8, 4) is 11.4 Å². The number of hydrogen-bond donors (Lipinski definition) is 0. The van der Waals surface area contributed by atoms with Crippen molar-refractivity contribution in [3.63, 3.8) is 0 Å². The standard InChI is InChI=1S/C23H17ClN4O3S/c1-14-5-2-3-7-17(14)21-26-20(31-27-21)13-32-23-25-19-11-15(24)8-9-18(19)22(29)28(23)12-16-6-4-10-30-16/h2-11H,12-13H2,1H3. The van der Waals surface area contributed by atoms with Gasteiger partial charge < -0.3 is 8.94 Å². The first-order valence-electron chi connectivity index (χ1n) is 9.82. The van der Waals surface area contributed by atoms with Gasteiger partial charge in [-0.15, -0.1) is 0 Å². The second kappa shape index (κ2) is 8.64. The summed E-state index contributed by atoms with van der Waals surface area (Å²) in [6.07, 6.45) is 1.58. The van der Waals surface area contributed by atoms with E-state index >= 15 is 0 Å². The molecule has 32 heavy (non-hydrogen) atoms. The molecule has 0 atom stereocenters. The molecule has 0 saturated heterocycles. The minimum absolute atomic E-state index is 0.170. The van der Waals surface area contributed by atoms with E-state index in [0.717, 1.165) is 11.1 Å². The predicted octanol–water partition coefficient (Wildman–Crippen LogP) is 5.34. The lowest BCUT2D eigenvalue weighted by molar-refractivity contribution is 0.391. The number of aryl methyl sites for hydroxylation is 1. The average molecular weight is 465 g/mol. The van der Waals surface area contributed by atoms with Crippen LogP contribution in [0.5, 0.6) is 0 Å². The van der Waals surface area contributed by atoms with Gasteiger partial charge in [0.1, 0.15) is 5.76 Å². The molecule has 0 aliphatic carbocycles. The van der Waals surface area contributed by atoms with E-state index < -0.39 is 0 Å². The first-order chi connectivity index (χ1) is 15.6. The monoisotopic (exact) mass is 464 g/mol. The van der Waals surface area contributed by atoms with Crippen LogP contribution in [0, 0.1) is 6.92 Å². The molecule has 5 aromatic rings. The lowest BCUT2D eigenvalue weighted by atomic mass is 10.1. The molecule has 0 unspecified atom stereocenters. The van der Waals surface area contributed by atoms with Crippen LogP contribution in [0.25, 0.3) is 22.3 Å². The van der Waals surface area contributed by atoms with Crippen LogP contribution in [0.4, 0.5) is 0 Å². The zero-order valence-corrected chi connectivity index (χ0v) is 18.6. The van der Waals surface area contributed by atoms with E-state index in [4.69, 9.17) is 20.5 Å². The third kappa shape index (κ3) is 4.06. The van der Waals surface area contributed by atoms with E-state index in [9.17, 15) is 4.79 Å². The third-order valence-electron chi connectivity index (χ3n) is 4.96. The molecule has 0 fully saturated rings. The number of furan rings is 1. The summed E-state index contributed by atoms with van der Waals surface area (Å²) in [7, 11) is 0. The quantitative estimate of drug-likeness (QED) is 0.247. The van der Waals surface area contributed by atoms with E-state index in [1.807, 2.05) is 37.3 Å². The SMILES string of the molecule is Cc1ccccc1-c1noc(CSc2nc3cc(Cl)ccc3c(=O)n2Cc2ccco2)n1. The summed E-state index contributed by atoms with van der Waals surface area (Å²) >= 11 is 7.46. The highest BCUT2D eigenvalue weighted by atomic mass is 35.5. The fraction of sp³-hybridized carbons (Fsp3) is 0.130. The normalized spacial score (nSPS) is 11.3. The molecular weight excluding hydrogens is 448 g/mol. The van der Waals surface area contributed by atoms with Crippen molar-refractivity contribution in [3.05, 3.63) is 93.5 Å². The average Bonchev–Trinajstić information content (AvgIpc) is 3.47. The summed E-state index contributed by atoms with van der Waals surface area (Å²) in [5, 5.41) is 5.62. The molecule has 160 valence electrons. The minimum Gasteiger partial charge on any atom is -0.467 e. The Kier molecular flexibility index (Phi) is 5.55. The van der Waals surface area contributed by atoms with Gasteiger partial charge >= 0.3 is 0 Å². The Hall–Kier alpha value is -3.36. The van der Waals surface area contributed by atoms with E-state index in [1.165, 1.54) is 11.8 Å². The number of aromatic nitrogens is 4. The summed E-state index contributed by atoms with van der Waals surface area (Å²) in [4.78, 5) is 22.4. The maximum absolute atomic E-state index is 13.2. The molecule has 0 bridgehead atoms. The molecule has 2 aromatic carbocycles. The largest absolute Gasteiger partial charge is 0.467 e. The van der Waals surface area contributed by atoms with Crippen LogP contribution in [0.2, 0.25) is 5.02 Å². The number of rotatable bonds is 6. The fourth-order valence-electron chi connectivity index (χ4n) is 3.35. The van der Waals surface area contributed by atoms with Gasteiger partial charge in [0.05, 0.1) is 29.5 Å². The summed E-state index contributed by atoms with van der Waals surface area (Å²) in [6, 6.07) is 16.5. The van der Waals surface area contributed by atoms with Crippen LogP contribution in [0.1, 0.15) is 17.2 Å². The zero-order valence-electron chi connectivity index (χ0n) is 17.0. The fourth-order valence-corrected chi connectivity index (χ4v) is 4.36. The highest BCUT2D eigenvalue weighted by Crippen LogP contribution is 2.26. The Morgan fingerprint density at radius 1 is 1.09 bits per heavy atom. The van der Waals surface area contributed by atoms with Crippen LogP contribution in [0.3, 0.4) is 0 Å². The molecule has 0 radical (unpaired) electrons. The smallest absolute Gasteiger partial charge is 0.262 e. The summed E-state index contributed by atoms with van der Waals surface area (Å²) in [5.74, 6) is 1.99. The topological polar surface area (TPSA) is 87.0 Å². The maximum atomic E-state index is 13.2. The Bertz CT molecular complexity index is 1460. The molecular formula is C23H17ClN4O3S. The number of nitrogens with zero attached hydrogens (tertiary/aromatic N) is 4. The van der Waals surface area contributed by atoms with Crippen molar-refractivity contribution in [1.82, 2.24) is 19.7 Å². The third-order valence-corrected chi connectivity index (χ3v) is 6.15. The van der Waals surface area contributed by atoms with Gasteiger partial charge in [0, 0.05) is 10.6 Å². The zero-order chi connectivity index (χ0) is 22.1. The second-order valence-corrected chi connectivity index (χ2v) is 8.52. The Morgan fingerprint density at radius 3 is 2.78 bits per heavy atom. The van der Waals surface area contributed by atoms with Crippen LogP contribution in [0.15, 0.2) is 79.8 Å². The van der Waals surface area contributed by atoms with Gasteiger partial charge in [-0.3, -0.25) is 9.36 Å². The minimum atomic E-state index is -0.170. The van der Waals surface area contributed by atoms with E-state index in [1.54, 1.807) is 35.1 Å². The number of hydrogen-bond acceptors (Lipinski definition) is 7. The Labute approximate surface area is 192 Å². The number of thioether (sulfide) groups is 1. The van der Waals surface area contributed by atoms with Gasteiger partial charge in [0.25, 0.3) is 5.56 Å². The number of benzene rings is 2. The van der Waals surface area contributed by atoms with Crippen molar-refractivity contribution in [2.24, 2.45) is 0 Å². The van der Waals surface area contributed by atoms with Crippen LogP contribution >= 0.6 is 23.4 Å². The maximum Gasteiger partial charge on any atom is 0.262 e. The van der Waals surface area contributed by atoms with E-state index in [0.29, 0.717) is 44.3 Å². The van der Waals surface area contributed by atoms with Crippen LogP contribution in [-0.4, -0.2) is 19.7 Å². The van der Waals surface area contributed by atoms with Gasteiger partial charge in [-0.1, -0.05) is 52.8 Å². The van der Waals surface area contributed by atoms with Crippen molar-refractivity contribution >= 4 is 34.3 Å². The van der Waals surface area contributed by atoms with E-state index in [-0.39, 0.29) is 12.1 Å². The van der Waals surface area contributed by atoms with E-state index in [2.05, 4.69) is 15.1 Å². The Balaban J connectivity index is 1.48. The van der Waals surface area contributed by atoms with Crippen molar-refractivity contribution < 1.29 is 8.94 Å². The molecule has 3 aromatic heterocycles. The van der Waals surface area contributed by atoms with Gasteiger partial charge in [-0.05, 0) is 42.8 Å². The summed E-state index contributed by atoms with van der Waals surface area (Å²) < 4.78 is 12.5. The first kappa shape index (κ1) is 20.5. The highest BCUT2D eigenvalue weighted by Gasteiger charge is 2.16. The molecule has 0 aliphatic heterocycles. The lowest BCUT2D eigenvalue weighted by Gasteiger charge is -2.11. The van der Waals surface area contributed by atoms with Gasteiger partial charge in [0.2, 0.25) is 11.7 Å². The van der Waals surface area contributed by atoms with Gasteiger partial charge in [-0.25, -0.2) is 4.98 Å². The molecule has 0 amide bonds. The molecule has 0 saturated carbocycles. The highest BCUT2D eigenvalue weighted by molar-refractivity contribution is 7.98. The molecule has 3 heterocycles. The summed E-state index contributed by atoms with van der Waals surface area (Å²) in [6.45, 7) is 2.26. The van der Waals surface area contributed by atoms with Crippen molar-refractivity contribution in [2.75, 3.05) is 0 Å². The number of fused-ring (bicyclic) bond motifs is 1. The van der Waals surface area contributed by atoms with Gasteiger partial charge in [0.15, 0.2) is 5.16 Å². The van der Waals surface area contributed by atoms with Crippen molar-refractivity contribution in [1.29, 1.82) is 0 Å². The molecule has 9 heteroatoms. The molecule has 0 spiro atoms. The second-order valence-electron chi connectivity index (χ2n) is 7.14. The molecule has 5 rings (SSSR count). The predicted molar refractivity (Wildman–Crippen MR) is 123 cm³/mol. The number of halogens is 1. The Morgan fingerprint density at radius 2 is 1.97 bits per heavy atom. The van der Waals surface area contributed by atoms with Crippen LogP contribution in [-0.2, 0) is 12.3 Å². The van der Waals surface area contributed by atoms with Crippen LogP contribution < -0.4 is 5.56 Å².